The van der Waals surface area contributed by atoms with Gasteiger partial charge in [0.25, 0.3) is 0 Å². The molecule has 2 N–H and O–H groups in total. The maximum atomic E-state index is 12.1. The summed E-state index contributed by atoms with van der Waals surface area (Å²) < 4.78 is 10.6. The van der Waals surface area contributed by atoms with Crippen LogP contribution in [0.15, 0.2) is 18.2 Å². The molecule has 0 spiro atoms. The van der Waals surface area contributed by atoms with E-state index in [1.807, 2.05) is 30.1 Å². The van der Waals surface area contributed by atoms with Crippen molar-refractivity contribution in [2.75, 3.05) is 38.4 Å². The molecule has 0 radical (unpaired) electrons. The van der Waals surface area contributed by atoms with Gasteiger partial charge >= 0.3 is 0 Å². The van der Waals surface area contributed by atoms with Crippen molar-refractivity contribution in [3.8, 4) is 11.5 Å². The van der Waals surface area contributed by atoms with Crippen LogP contribution in [-0.4, -0.2) is 50.3 Å². The van der Waals surface area contributed by atoms with Crippen molar-refractivity contribution in [3.63, 3.8) is 0 Å². The molecule has 0 saturated carbocycles. The number of hydrogen-bond acceptors (Lipinski definition) is 5. The van der Waals surface area contributed by atoms with Crippen LogP contribution in [-0.2, 0) is 4.79 Å². The second kappa shape index (κ2) is 4.71. The fourth-order valence-corrected chi connectivity index (χ4v) is 2.44. The number of hydrogen-bond donors (Lipinski definition) is 1. The van der Waals surface area contributed by atoms with E-state index in [9.17, 15) is 4.79 Å². The lowest BCUT2D eigenvalue weighted by Gasteiger charge is -2.38. The molecule has 1 aromatic carbocycles. The molecule has 1 fully saturated rings. The number of anilines is 1. The smallest absolute Gasteiger partial charge is 0.241 e. The number of benzene rings is 1. The summed E-state index contributed by atoms with van der Waals surface area (Å²) in [6, 6.07) is 5.74. The molecule has 0 aliphatic carbocycles. The third kappa shape index (κ3) is 2.13. The highest BCUT2D eigenvalue weighted by Gasteiger charge is 2.30. The van der Waals surface area contributed by atoms with Crippen molar-refractivity contribution in [2.45, 2.75) is 6.04 Å². The van der Waals surface area contributed by atoms with Crippen molar-refractivity contribution >= 4 is 11.6 Å². The molecule has 6 nitrogen and oxygen atoms in total. The standard InChI is InChI=1S/C13H17N3O3/c1-15-7-13(17)16(6-10(15)5-14)9-2-3-11-12(4-9)19-8-18-11/h2-4,10H,5-8,14H2,1H3. The van der Waals surface area contributed by atoms with Crippen molar-refractivity contribution in [1.82, 2.24) is 4.90 Å². The second-order valence-corrected chi connectivity index (χ2v) is 4.85. The first-order valence-corrected chi connectivity index (χ1v) is 6.29. The Morgan fingerprint density at radius 3 is 2.95 bits per heavy atom. The summed E-state index contributed by atoms with van der Waals surface area (Å²) in [5.74, 6) is 1.49. The Morgan fingerprint density at radius 1 is 1.37 bits per heavy atom. The minimum Gasteiger partial charge on any atom is -0.454 e. The molecule has 0 aromatic heterocycles. The van der Waals surface area contributed by atoms with Gasteiger partial charge in [0.2, 0.25) is 12.7 Å². The maximum Gasteiger partial charge on any atom is 0.241 e. The number of carbonyl (C=O) groups excluding carboxylic acids is 1. The van der Waals surface area contributed by atoms with E-state index in [-0.39, 0.29) is 18.7 Å². The summed E-state index contributed by atoms with van der Waals surface area (Å²) in [6.07, 6.45) is 0. The predicted octanol–water partition coefficient (Wildman–Crippen LogP) is 0.0210. The quantitative estimate of drug-likeness (QED) is 0.815. The van der Waals surface area contributed by atoms with E-state index in [1.54, 1.807) is 4.90 Å². The lowest BCUT2D eigenvalue weighted by Crippen LogP contribution is -2.57. The van der Waals surface area contributed by atoms with Gasteiger partial charge in [-0.2, -0.15) is 0 Å². The topological polar surface area (TPSA) is 68.0 Å². The normalized spacial score (nSPS) is 22.9. The average Bonchev–Trinajstić information content (AvgIpc) is 2.86. The molecule has 102 valence electrons. The van der Waals surface area contributed by atoms with Crippen LogP contribution in [0, 0.1) is 0 Å². The van der Waals surface area contributed by atoms with Gasteiger partial charge in [-0.1, -0.05) is 0 Å². The van der Waals surface area contributed by atoms with Crippen molar-refractivity contribution < 1.29 is 14.3 Å². The minimum atomic E-state index is 0.0751. The Labute approximate surface area is 111 Å². The number of fused-ring (bicyclic) bond motifs is 1. The van der Waals surface area contributed by atoms with E-state index < -0.39 is 0 Å². The zero-order valence-corrected chi connectivity index (χ0v) is 10.8. The molecule has 1 unspecified atom stereocenters. The number of likely N-dealkylation sites (N-methyl/N-ethyl adjacent to an activating group) is 1. The maximum absolute atomic E-state index is 12.1. The van der Waals surface area contributed by atoms with Gasteiger partial charge in [0.1, 0.15) is 0 Å². The molecule has 2 aliphatic rings. The average molecular weight is 263 g/mol. The number of amides is 1. The van der Waals surface area contributed by atoms with Crippen LogP contribution in [0.4, 0.5) is 5.69 Å². The summed E-state index contributed by atoms with van der Waals surface area (Å²) in [5, 5.41) is 0. The Bertz CT molecular complexity index is 506. The number of nitrogens with two attached hydrogens (primary N) is 1. The Hall–Kier alpha value is -1.79. The fourth-order valence-electron chi connectivity index (χ4n) is 2.44. The Balaban J connectivity index is 1.86. The molecule has 19 heavy (non-hydrogen) atoms. The number of nitrogens with zero attached hydrogens (tertiary/aromatic N) is 2. The third-order valence-electron chi connectivity index (χ3n) is 3.64. The third-order valence-corrected chi connectivity index (χ3v) is 3.64. The molecule has 1 saturated heterocycles. The molecule has 6 heteroatoms. The van der Waals surface area contributed by atoms with E-state index in [0.717, 1.165) is 11.4 Å². The molecular formula is C13H17N3O3. The largest absolute Gasteiger partial charge is 0.454 e. The molecule has 2 heterocycles. The first kappa shape index (κ1) is 12.3. The fraction of sp³-hybridized carbons (Fsp3) is 0.462. The number of ether oxygens (including phenoxy) is 2. The molecule has 0 bridgehead atoms. The summed E-state index contributed by atoms with van der Waals surface area (Å²) in [4.78, 5) is 15.9. The Kier molecular flexibility index (Phi) is 3.04. The first-order valence-electron chi connectivity index (χ1n) is 6.29. The van der Waals surface area contributed by atoms with Gasteiger partial charge in [0, 0.05) is 30.9 Å². The molecule has 3 rings (SSSR count). The number of piperazine rings is 1. The van der Waals surface area contributed by atoms with Crippen LogP contribution in [0.3, 0.4) is 0 Å². The van der Waals surface area contributed by atoms with Gasteiger partial charge in [-0.15, -0.1) is 0 Å². The van der Waals surface area contributed by atoms with E-state index in [4.69, 9.17) is 15.2 Å². The minimum absolute atomic E-state index is 0.0751. The van der Waals surface area contributed by atoms with Gasteiger partial charge in [0.05, 0.1) is 6.54 Å². The molecular weight excluding hydrogens is 246 g/mol. The number of carbonyl (C=O) groups is 1. The van der Waals surface area contributed by atoms with Crippen LogP contribution in [0.5, 0.6) is 11.5 Å². The van der Waals surface area contributed by atoms with Crippen molar-refractivity contribution in [1.29, 1.82) is 0 Å². The molecule has 2 aliphatic heterocycles. The highest BCUT2D eigenvalue weighted by Crippen LogP contribution is 2.36. The van der Waals surface area contributed by atoms with E-state index in [2.05, 4.69) is 0 Å². The summed E-state index contributed by atoms with van der Waals surface area (Å²) in [5.41, 5.74) is 6.58. The van der Waals surface area contributed by atoms with E-state index in [1.165, 1.54) is 0 Å². The van der Waals surface area contributed by atoms with Crippen molar-refractivity contribution in [2.24, 2.45) is 5.73 Å². The first-order chi connectivity index (χ1) is 9.19. The predicted molar refractivity (Wildman–Crippen MR) is 70.4 cm³/mol. The van der Waals surface area contributed by atoms with E-state index >= 15 is 0 Å². The van der Waals surface area contributed by atoms with Crippen LogP contribution in [0.25, 0.3) is 0 Å². The van der Waals surface area contributed by atoms with Crippen LogP contribution >= 0.6 is 0 Å². The van der Waals surface area contributed by atoms with Crippen molar-refractivity contribution in [3.05, 3.63) is 18.2 Å². The zero-order valence-electron chi connectivity index (χ0n) is 10.8. The van der Waals surface area contributed by atoms with Gasteiger partial charge in [-0.25, -0.2) is 0 Å². The molecule has 1 atom stereocenters. The molecule has 1 aromatic rings. The summed E-state index contributed by atoms with van der Waals surface area (Å²) >= 11 is 0. The SMILES string of the molecule is CN1CC(=O)N(c2ccc3c(c2)OCO3)CC1CN. The molecule has 1 amide bonds. The zero-order chi connectivity index (χ0) is 13.4. The second-order valence-electron chi connectivity index (χ2n) is 4.85. The highest BCUT2D eigenvalue weighted by molar-refractivity contribution is 5.96. The Morgan fingerprint density at radius 2 is 2.16 bits per heavy atom. The summed E-state index contributed by atoms with van der Waals surface area (Å²) in [7, 11) is 1.92. The van der Waals surface area contributed by atoms with Gasteiger partial charge < -0.3 is 20.1 Å². The van der Waals surface area contributed by atoms with Crippen LogP contribution in [0.2, 0.25) is 0 Å². The van der Waals surface area contributed by atoms with Crippen LogP contribution < -0.4 is 20.1 Å². The summed E-state index contributed by atoms with van der Waals surface area (Å²) in [6.45, 7) is 1.76. The van der Waals surface area contributed by atoms with Gasteiger partial charge in [0.15, 0.2) is 11.5 Å². The number of rotatable bonds is 2. The monoisotopic (exact) mass is 263 g/mol. The van der Waals surface area contributed by atoms with E-state index in [0.29, 0.717) is 25.4 Å². The van der Waals surface area contributed by atoms with Gasteiger partial charge in [-0.3, -0.25) is 9.69 Å². The lowest BCUT2D eigenvalue weighted by molar-refractivity contribution is -0.121. The highest BCUT2D eigenvalue weighted by atomic mass is 16.7. The lowest BCUT2D eigenvalue weighted by atomic mass is 10.1. The van der Waals surface area contributed by atoms with Gasteiger partial charge in [-0.05, 0) is 19.2 Å². The van der Waals surface area contributed by atoms with Crippen LogP contribution in [0.1, 0.15) is 0 Å².